The zero-order valence-electron chi connectivity index (χ0n) is 17.7. The second-order valence-corrected chi connectivity index (χ2v) is 8.05. The maximum Gasteiger partial charge on any atom is 0.106 e. The minimum atomic E-state index is 0.0670. The number of hydrogen-bond acceptors (Lipinski definition) is 2. The van der Waals surface area contributed by atoms with Crippen molar-refractivity contribution in [2.24, 2.45) is 0 Å². The van der Waals surface area contributed by atoms with Crippen molar-refractivity contribution >= 4 is 0 Å². The minimum Gasteiger partial charge on any atom is -0.373 e. The highest BCUT2D eigenvalue weighted by molar-refractivity contribution is 5.64. The van der Waals surface area contributed by atoms with E-state index in [4.69, 9.17) is 9.47 Å². The Bertz CT molecular complexity index is 667. The molecule has 3 rings (SSSR count). The summed E-state index contributed by atoms with van der Waals surface area (Å²) in [5.74, 6) is 0. The van der Waals surface area contributed by atoms with Crippen LogP contribution in [0.15, 0.2) is 48.5 Å². The van der Waals surface area contributed by atoms with Crippen molar-refractivity contribution in [2.75, 3.05) is 13.2 Å². The van der Waals surface area contributed by atoms with Crippen LogP contribution in [0, 0.1) is 0 Å². The van der Waals surface area contributed by atoms with Gasteiger partial charge in [0, 0.05) is 0 Å². The van der Waals surface area contributed by atoms with Crippen LogP contribution in [0.5, 0.6) is 0 Å². The van der Waals surface area contributed by atoms with Gasteiger partial charge < -0.3 is 9.47 Å². The molecule has 1 aliphatic heterocycles. The monoisotopic (exact) mass is 380 g/mol. The molecule has 28 heavy (non-hydrogen) atoms. The minimum absolute atomic E-state index is 0.0670. The molecule has 152 valence electrons. The molecule has 0 aromatic heterocycles. The number of hydrogen-bond donors (Lipinski definition) is 0. The number of aryl methyl sites for hydroxylation is 1. The van der Waals surface area contributed by atoms with E-state index in [-0.39, 0.29) is 12.2 Å². The lowest BCUT2D eigenvalue weighted by molar-refractivity contribution is -0.137. The van der Waals surface area contributed by atoms with Gasteiger partial charge in [0.25, 0.3) is 0 Å². The maximum atomic E-state index is 6.11. The molecule has 0 N–H and O–H groups in total. The largest absolute Gasteiger partial charge is 0.373 e. The summed E-state index contributed by atoms with van der Waals surface area (Å²) in [6.07, 6.45) is 10.3. The molecule has 1 aliphatic rings. The van der Waals surface area contributed by atoms with Crippen molar-refractivity contribution in [1.29, 1.82) is 0 Å². The van der Waals surface area contributed by atoms with Gasteiger partial charge in [0.05, 0.1) is 19.3 Å². The standard InChI is InChI=1S/C26H36O2/c1-3-5-7-8-10-25-19-28-26(20-27-25)24-17-15-23(16-18-24)22-13-11-21(12-14-22)9-6-4-2/h11-18,25-26H,3-10,19-20H2,1-2H3. The third kappa shape index (κ3) is 6.18. The van der Waals surface area contributed by atoms with Gasteiger partial charge in [0.2, 0.25) is 0 Å². The fraction of sp³-hybridized carbons (Fsp3) is 0.538. The molecule has 2 heteroatoms. The van der Waals surface area contributed by atoms with E-state index in [0.717, 1.165) is 13.0 Å². The van der Waals surface area contributed by atoms with Crippen LogP contribution in [0.1, 0.15) is 76.0 Å². The molecule has 1 saturated heterocycles. The Labute approximate surface area is 171 Å². The predicted octanol–water partition coefficient (Wildman–Crippen LogP) is 7.12. The molecule has 2 aromatic carbocycles. The molecule has 2 atom stereocenters. The Morgan fingerprint density at radius 1 is 0.714 bits per heavy atom. The predicted molar refractivity (Wildman–Crippen MR) is 118 cm³/mol. The van der Waals surface area contributed by atoms with E-state index in [1.54, 1.807) is 0 Å². The fourth-order valence-corrected chi connectivity index (χ4v) is 3.84. The molecule has 1 fully saturated rings. The van der Waals surface area contributed by atoms with Gasteiger partial charge in [-0.3, -0.25) is 0 Å². The Morgan fingerprint density at radius 2 is 1.39 bits per heavy atom. The lowest BCUT2D eigenvalue weighted by Gasteiger charge is -2.30. The number of ether oxygens (including phenoxy) is 2. The Morgan fingerprint density at radius 3 is 2.00 bits per heavy atom. The van der Waals surface area contributed by atoms with E-state index in [0.29, 0.717) is 6.61 Å². The van der Waals surface area contributed by atoms with Gasteiger partial charge in [0.15, 0.2) is 0 Å². The Kier molecular flexibility index (Phi) is 8.57. The molecule has 2 unspecified atom stereocenters. The van der Waals surface area contributed by atoms with Crippen molar-refractivity contribution in [3.63, 3.8) is 0 Å². The van der Waals surface area contributed by atoms with Crippen molar-refractivity contribution < 1.29 is 9.47 Å². The van der Waals surface area contributed by atoms with E-state index in [1.165, 1.54) is 67.2 Å². The molecule has 0 spiro atoms. The molecule has 0 radical (unpaired) electrons. The second-order valence-electron chi connectivity index (χ2n) is 8.05. The molecule has 0 bridgehead atoms. The lowest BCUT2D eigenvalue weighted by atomic mass is 9.99. The third-order valence-corrected chi connectivity index (χ3v) is 5.73. The van der Waals surface area contributed by atoms with E-state index >= 15 is 0 Å². The van der Waals surface area contributed by atoms with Crippen molar-refractivity contribution in [2.45, 2.75) is 77.4 Å². The fourth-order valence-electron chi connectivity index (χ4n) is 3.84. The molecule has 1 heterocycles. The van der Waals surface area contributed by atoms with Crippen LogP contribution in [0.2, 0.25) is 0 Å². The summed E-state index contributed by atoms with van der Waals surface area (Å²) in [4.78, 5) is 0. The summed E-state index contributed by atoms with van der Waals surface area (Å²) in [5, 5.41) is 0. The Hall–Kier alpha value is -1.64. The third-order valence-electron chi connectivity index (χ3n) is 5.73. The molecule has 0 amide bonds. The van der Waals surface area contributed by atoms with Crippen molar-refractivity contribution in [3.05, 3.63) is 59.7 Å². The molecule has 2 nitrogen and oxygen atoms in total. The summed E-state index contributed by atoms with van der Waals surface area (Å²) in [6.45, 7) is 5.88. The normalized spacial score (nSPS) is 19.6. The van der Waals surface area contributed by atoms with Crippen LogP contribution < -0.4 is 0 Å². The maximum absolute atomic E-state index is 6.11. The summed E-state index contributed by atoms with van der Waals surface area (Å²) < 4.78 is 12.2. The SMILES string of the molecule is CCCCCCC1COC(c2ccc(-c3ccc(CCCC)cc3)cc2)CO1. The summed E-state index contributed by atoms with van der Waals surface area (Å²) >= 11 is 0. The number of rotatable bonds is 10. The highest BCUT2D eigenvalue weighted by atomic mass is 16.6. The smallest absolute Gasteiger partial charge is 0.106 e. The topological polar surface area (TPSA) is 18.5 Å². The summed E-state index contributed by atoms with van der Waals surface area (Å²) in [7, 11) is 0. The average Bonchev–Trinajstić information content (AvgIpc) is 2.76. The zero-order chi connectivity index (χ0) is 19.6. The molecule has 2 aromatic rings. The molecule has 0 aliphatic carbocycles. The molecule has 0 saturated carbocycles. The van der Waals surface area contributed by atoms with Crippen LogP contribution in [0.25, 0.3) is 11.1 Å². The first-order chi connectivity index (χ1) is 13.8. The van der Waals surface area contributed by atoms with E-state index in [2.05, 4.69) is 62.4 Å². The van der Waals surface area contributed by atoms with Crippen LogP contribution in [-0.2, 0) is 15.9 Å². The lowest BCUT2D eigenvalue weighted by Crippen LogP contribution is -2.31. The van der Waals surface area contributed by atoms with Gasteiger partial charge in [-0.05, 0) is 41.5 Å². The van der Waals surface area contributed by atoms with Gasteiger partial charge in [-0.25, -0.2) is 0 Å². The van der Waals surface area contributed by atoms with Crippen molar-refractivity contribution in [3.8, 4) is 11.1 Å². The zero-order valence-corrected chi connectivity index (χ0v) is 17.7. The highest BCUT2D eigenvalue weighted by Crippen LogP contribution is 2.27. The molecular weight excluding hydrogens is 344 g/mol. The van der Waals surface area contributed by atoms with Gasteiger partial charge in [0.1, 0.15) is 6.10 Å². The van der Waals surface area contributed by atoms with Gasteiger partial charge in [-0.1, -0.05) is 94.5 Å². The number of unbranched alkanes of at least 4 members (excludes halogenated alkanes) is 4. The van der Waals surface area contributed by atoms with Gasteiger partial charge in [-0.15, -0.1) is 0 Å². The van der Waals surface area contributed by atoms with E-state index in [9.17, 15) is 0 Å². The van der Waals surface area contributed by atoms with Crippen LogP contribution in [0.4, 0.5) is 0 Å². The van der Waals surface area contributed by atoms with E-state index < -0.39 is 0 Å². The quantitative estimate of drug-likeness (QED) is 0.408. The van der Waals surface area contributed by atoms with Crippen LogP contribution >= 0.6 is 0 Å². The van der Waals surface area contributed by atoms with Crippen LogP contribution in [0.3, 0.4) is 0 Å². The highest BCUT2D eigenvalue weighted by Gasteiger charge is 2.23. The first-order valence-electron chi connectivity index (χ1n) is 11.2. The first kappa shape index (κ1) is 21.1. The van der Waals surface area contributed by atoms with Gasteiger partial charge in [-0.2, -0.15) is 0 Å². The second kappa shape index (κ2) is 11.4. The van der Waals surface area contributed by atoms with Gasteiger partial charge >= 0.3 is 0 Å². The summed E-state index contributed by atoms with van der Waals surface area (Å²) in [6, 6.07) is 17.8. The molecular formula is C26H36O2. The Balaban J connectivity index is 1.49. The van der Waals surface area contributed by atoms with Crippen LogP contribution in [-0.4, -0.2) is 19.3 Å². The first-order valence-corrected chi connectivity index (χ1v) is 11.2. The number of benzene rings is 2. The summed E-state index contributed by atoms with van der Waals surface area (Å²) in [5.41, 5.74) is 5.18. The average molecular weight is 381 g/mol. The van der Waals surface area contributed by atoms with Crippen molar-refractivity contribution in [1.82, 2.24) is 0 Å². The van der Waals surface area contributed by atoms with E-state index in [1.807, 2.05) is 0 Å².